The van der Waals surface area contributed by atoms with E-state index in [9.17, 15) is 19.1 Å². The van der Waals surface area contributed by atoms with Gasteiger partial charge in [0.15, 0.2) is 27.5 Å². The lowest BCUT2D eigenvalue weighted by atomic mass is 9.94. The SMILES string of the molecule is NCC#Cc1ccc(OCCCc2sc(N3CCc4cccc(C(=O)Nc5nc6ccccc6s5)c4C3)nc2C(=O)O)c(F)c1. The van der Waals surface area contributed by atoms with Gasteiger partial charge in [0.25, 0.3) is 5.91 Å². The monoisotopic (exact) mass is 641 g/mol. The number of carbonyl (C=O) groups is 2. The molecule has 2 aromatic heterocycles. The first-order valence-corrected chi connectivity index (χ1v) is 15.9. The van der Waals surface area contributed by atoms with Gasteiger partial charge >= 0.3 is 5.97 Å². The Morgan fingerprint density at radius 2 is 1.98 bits per heavy atom. The molecule has 9 nitrogen and oxygen atoms in total. The maximum absolute atomic E-state index is 14.4. The van der Waals surface area contributed by atoms with Gasteiger partial charge in [-0.3, -0.25) is 10.1 Å². The van der Waals surface area contributed by atoms with Gasteiger partial charge in [-0.2, -0.15) is 0 Å². The van der Waals surface area contributed by atoms with Crippen LogP contribution in [0.1, 0.15) is 48.8 Å². The van der Waals surface area contributed by atoms with E-state index in [2.05, 4.69) is 27.1 Å². The first kappa shape index (κ1) is 30.2. The number of carboxylic acid groups (broad SMARTS) is 1. The number of rotatable bonds is 9. The van der Waals surface area contributed by atoms with Gasteiger partial charge in [0.2, 0.25) is 0 Å². The molecule has 3 aromatic carbocycles. The summed E-state index contributed by atoms with van der Waals surface area (Å²) < 4.78 is 21.0. The minimum Gasteiger partial charge on any atom is -0.491 e. The normalized spacial score (nSPS) is 12.4. The van der Waals surface area contributed by atoms with Crippen molar-refractivity contribution < 1.29 is 23.8 Å². The summed E-state index contributed by atoms with van der Waals surface area (Å²) in [7, 11) is 0. The summed E-state index contributed by atoms with van der Waals surface area (Å²) in [6.45, 7) is 1.43. The van der Waals surface area contributed by atoms with Crippen LogP contribution in [-0.4, -0.2) is 46.6 Å². The third-order valence-electron chi connectivity index (χ3n) is 7.26. The molecular formula is C33H28FN5O4S2. The number of halogens is 1. The predicted octanol–water partition coefficient (Wildman–Crippen LogP) is 5.73. The molecule has 0 atom stereocenters. The standard InChI is InChI=1S/C33H28FN5O4S2/c34-24-18-20(6-4-15-35)12-13-26(24)43-17-5-11-28-29(31(41)42)37-33(45-28)39-16-14-21-7-3-8-22(23(21)19-39)30(40)38-32-36-25-9-1-2-10-27(25)44-32/h1-3,7-10,12-13,18H,5,11,14-17,19,35H2,(H,41,42)(H,36,38,40). The molecule has 12 heteroatoms. The number of fused-ring (bicyclic) bond motifs is 2. The highest BCUT2D eigenvalue weighted by molar-refractivity contribution is 7.22. The highest BCUT2D eigenvalue weighted by Gasteiger charge is 2.26. The maximum atomic E-state index is 14.4. The molecule has 4 N–H and O–H groups in total. The third kappa shape index (κ3) is 6.81. The van der Waals surface area contributed by atoms with Crippen molar-refractivity contribution in [3.05, 3.63) is 99.3 Å². The number of aromatic nitrogens is 2. The van der Waals surface area contributed by atoms with Gasteiger partial charge in [-0.05, 0) is 66.8 Å². The van der Waals surface area contributed by atoms with Crippen molar-refractivity contribution >= 4 is 55.0 Å². The average molecular weight is 642 g/mol. The number of nitrogens with two attached hydrogens (primary N) is 1. The molecule has 0 radical (unpaired) electrons. The summed E-state index contributed by atoms with van der Waals surface area (Å²) in [5.41, 5.74) is 9.20. The molecule has 45 heavy (non-hydrogen) atoms. The number of anilines is 2. The van der Waals surface area contributed by atoms with Crippen molar-refractivity contribution in [1.82, 2.24) is 9.97 Å². The van der Waals surface area contributed by atoms with Crippen molar-refractivity contribution in [3.8, 4) is 17.6 Å². The summed E-state index contributed by atoms with van der Waals surface area (Å²) in [5, 5.41) is 13.9. The maximum Gasteiger partial charge on any atom is 0.355 e. The number of carboxylic acids is 1. The summed E-state index contributed by atoms with van der Waals surface area (Å²) in [4.78, 5) is 37.1. The molecule has 1 amide bonds. The number of carbonyl (C=O) groups excluding carboxylic acids is 1. The molecule has 0 fully saturated rings. The van der Waals surface area contributed by atoms with Gasteiger partial charge in [0.05, 0.1) is 23.4 Å². The molecule has 6 rings (SSSR count). The molecule has 1 aliphatic heterocycles. The number of amides is 1. The zero-order valence-electron chi connectivity index (χ0n) is 24.0. The number of benzene rings is 3. The molecule has 228 valence electrons. The van der Waals surface area contributed by atoms with E-state index in [1.807, 2.05) is 41.3 Å². The number of ether oxygens (including phenoxy) is 1. The Balaban J connectivity index is 1.13. The van der Waals surface area contributed by atoms with E-state index >= 15 is 0 Å². The minimum absolute atomic E-state index is 0.00308. The number of para-hydroxylation sites is 1. The number of nitrogens with one attached hydrogen (secondary N) is 1. The van der Waals surface area contributed by atoms with E-state index in [1.54, 1.807) is 12.1 Å². The highest BCUT2D eigenvalue weighted by Crippen LogP contribution is 2.33. The third-order valence-corrected chi connectivity index (χ3v) is 9.39. The zero-order chi connectivity index (χ0) is 31.3. The smallest absolute Gasteiger partial charge is 0.355 e. The van der Waals surface area contributed by atoms with Gasteiger partial charge in [-0.15, -0.1) is 11.3 Å². The first-order valence-electron chi connectivity index (χ1n) is 14.3. The molecule has 0 unspecified atom stereocenters. The van der Waals surface area contributed by atoms with E-state index in [0.29, 0.717) is 58.6 Å². The number of aromatic carboxylic acids is 1. The quantitative estimate of drug-likeness (QED) is 0.138. The Labute approximate surface area is 266 Å². The molecule has 0 bridgehead atoms. The summed E-state index contributed by atoms with van der Waals surface area (Å²) in [6.07, 6.45) is 1.56. The van der Waals surface area contributed by atoms with Crippen LogP contribution in [0.3, 0.4) is 0 Å². The van der Waals surface area contributed by atoms with Crippen LogP contribution in [-0.2, 0) is 19.4 Å². The number of thiazole rings is 2. The second-order valence-corrected chi connectivity index (χ2v) is 12.3. The topological polar surface area (TPSA) is 131 Å². The number of aryl methyl sites for hydroxylation is 1. The van der Waals surface area contributed by atoms with Gasteiger partial charge in [0.1, 0.15) is 0 Å². The van der Waals surface area contributed by atoms with Crippen LogP contribution in [0.25, 0.3) is 10.2 Å². The Kier molecular flexibility index (Phi) is 9.02. The van der Waals surface area contributed by atoms with E-state index in [4.69, 9.17) is 10.5 Å². The largest absolute Gasteiger partial charge is 0.491 e. The predicted molar refractivity (Wildman–Crippen MR) is 174 cm³/mol. The fraction of sp³-hybridized carbons (Fsp3) is 0.212. The van der Waals surface area contributed by atoms with Crippen molar-refractivity contribution in [1.29, 1.82) is 0 Å². The van der Waals surface area contributed by atoms with Crippen LogP contribution in [0.4, 0.5) is 14.7 Å². The van der Waals surface area contributed by atoms with Crippen molar-refractivity contribution in [2.75, 3.05) is 29.9 Å². The second-order valence-electron chi connectivity index (χ2n) is 10.2. The summed E-state index contributed by atoms with van der Waals surface area (Å²) in [5.74, 6) is 3.69. The first-order chi connectivity index (χ1) is 21.9. The Morgan fingerprint density at radius 1 is 1.11 bits per heavy atom. The highest BCUT2D eigenvalue weighted by atomic mass is 32.1. The van der Waals surface area contributed by atoms with Crippen LogP contribution in [0.2, 0.25) is 0 Å². The number of hydrogen-bond donors (Lipinski definition) is 3. The second kappa shape index (κ2) is 13.4. The van der Waals surface area contributed by atoms with Crippen molar-refractivity contribution in [3.63, 3.8) is 0 Å². The average Bonchev–Trinajstić information content (AvgIpc) is 3.66. The molecule has 0 aliphatic carbocycles. The number of nitrogens with zero attached hydrogens (tertiary/aromatic N) is 3. The Bertz CT molecular complexity index is 1930. The van der Waals surface area contributed by atoms with Gasteiger partial charge in [0, 0.05) is 29.1 Å². The molecule has 1 aliphatic rings. The zero-order valence-corrected chi connectivity index (χ0v) is 25.6. The van der Waals surface area contributed by atoms with Gasteiger partial charge in [-0.1, -0.05) is 47.4 Å². The van der Waals surface area contributed by atoms with Crippen LogP contribution < -0.4 is 20.7 Å². The fourth-order valence-electron chi connectivity index (χ4n) is 5.12. The van der Waals surface area contributed by atoms with E-state index in [0.717, 1.165) is 21.3 Å². The summed E-state index contributed by atoms with van der Waals surface area (Å²) >= 11 is 2.74. The van der Waals surface area contributed by atoms with Crippen LogP contribution in [0.15, 0.2) is 60.7 Å². The van der Waals surface area contributed by atoms with Crippen molar-refractivity contribution in [2.24, 2.45) is 5.73 Å². The Morgan fingerprint density at radius 3 is 2.78 bits per heavy atom. The van der Waals surface area contributed by atoms with E-state index < -0.39 is 11.8 Å². The lowest BCUT2D eigenvalue weighted by molar-refractivity contribution is 0.0690. The summed E-state index contributed by atoms with van der Waals surface area (Å²) in [6, 6.07) is 17.9. The molecule has 3 heterocycles. The van der Waals surface area contributed by atoms with Crippen LogP contribution in [0, 0.1) is 17.7 Å². The van der Waals surface area contributed by atoms with Gasteiger partial charge in [-0.25, -0.2) is 19.2 Å². The van der Waals surface area contributed by atoms with Crippen LogP contribution in [0.5, 0.6) is 5.75 Å². The van der Waals surface area contributed by atoms with Crippen molar-refractivity contribution in [2.45, 2.75) is 25.8 Å². The van der Waals surface area contributed by atoms with E-state index in [1.165, 1.54) is 34.8 Å². The molecule has 0 spiro atoms. The molecule has 0 saturated carbocycles. The minimum atomic E-state index is -1.11. The van der Waals surface area contributed by atoms with E-state index in [-0.39, 0.29) is 30.5 Å². The number of hydrogen-bond acceptors (Lipinski definition) is 9. The molecule has 0 saturated heterocycles. The lowest BCUT2D eigenvalue weighted by Crippen LogP contribution is -2.32. The Hall–Kier alpha value is -4.83. The lowest BCUT2D eigenvalue weighted by Gasteiger charge is -2.29. The fourth-order valence-corrected chi connectivity index (χ4v) is 7.10. The van der Waals surface area contributed by atoms with Gasteiger partial charge < -0.3 is 20.5 Å². The molecule has 5 aromatic rings. The van der Waals surface area contributed by atoms with Crippen LogP contribution >= 0.6 is 22.7 Å². The molecular weight excluding hydrogens is 614 g/mol.